The van der Waals surface area contributed by atoms with Gasteiger partial charge >= 0.3 is 0 Å². The van der Waals surface area contributed by atoms with Crippen molar-refractivity contribution in [2.75, 3.05) is 33.0 Å². The fourth-order valence-corrected chi connectivity index (χ4v) is 1.02. The lowest BCUT2D eigenvalue weighted by Crippen LogP contribution is -2.31. The van der Waals surface area contributed by atoms with Crippen LogP contribution in [0, 0.1) is 5.92 Å². The third-order valence-electron chi connectivity index (χ3n) is 2.08. The molecule has 0 saturated heterocycles. The van der Waals surface area contributed by atoms with Crippen molar-refractivity contribution in [1.29, 1.82) is 0 Å². The molecule has 0 radical (unpaired) electrons. The highest BCUT2D eigenvalue weighted by Crippen LogP contribution is 1.90. The molecule has 1 N–H and O–H groups in total. The van der Waals surface area contributed by atoms with E-state index in [1.54, 1.807) is 0 Å². The molecular formula is C14H31NO3. The van der Waals surface area contributed by atoms with E-state index < -0.39 is 0 Å². The van der Waals surface area contributed by atoms with Crippen molar-refractivity contribution in [3.05, 3.63) is 0 Å². The van der Waals surface area contributed by atoms with Crippen molar-refractivity contribution in [3.63, 3.8) is 0 Å². The van der Waals surface area contributed by atoms with Gasteiger partial charge in [0.15, 0.2) is 0 Å². The molecule has 18 heavy (non-hydrogen) atoms. The Bertz CT molecular complexity index is 172. The molecule has 1 amide bonds. The number of carbonyl (C=O) groups excluding carboxylic acids is 1. The summed E-state index contributed by atoms with van der Waals surface area (Å²) < 4.78 is 10.6. The van der Waals surface area contributed by atoms with Crippen LogP contribution in [-0.4, -0.2) is 38.9 Å². The summed E-state index contributed by atoms with van der Waals surface area (Å²) in [4.78, 5) is 11.2. The fourth-order valence-electron chi connectivity index (χ4n) is 1.02. The molecule has 0 aliphatic carbocycles. The normalized spacial score (nSPS) is 9.89. The molecule has 0 aromatic rings. The van der Waals surface area contributed by atoms with Crippen LogP contribution >= 0.6 is 0 Å². The Labute approximate surface area is 112 Å². The Hall–Kier alpha value is -0.610. The summed E-state index contributed by atoms with van der Waals surface area (Å²) >= 11 is 0. The molecule has 4 heteroatoms. The number of nitrogens with one attached hydrogen (secondary N) is 1. The monoisotopic (exact) mass is 261 g/mol. The van der Waals surface area contributed by atoms with Crippen molar-refractivity contribution in [1.82, 2.24) is 5.32 Å². The molecule has 0 aliphatic rings. The van der Waals surface area contributed by atoms with E-state index in [4.69, 9.17) is 9.47 Å². The molecule has 0 rings (SSSR count). The molecule has 0 bridgehead atoms. The average molecular weight is 261 g/mol. The summed E-state index contributed by atoms with van der Waals surface area (Å²) in [5.74, 6) is 0.111. The Morgan fingerprint density at radius 1 is 1.06 bits per heavy atom. The van der Waals surface area contributed by atoms with Crippen LogP contribution in [0.2, 0.25) is 0 Å². The summed E-state index contributed by atoms with van der Waals surface area (Å²) in [5, 5.41) is 2.79. The van der Waals surface area contributed by atoms with Crippen LogP contribution in [0.3, 0.4) is 0 Å². The van der Waals surface area contributed by atoms with Gasteiger partial charge in [-0.2, -0.15) is 0 Å². The molecule has 0 fully saturated rings. The second-order valence-corrected chi connectivity index (χ2v) is 4.02. The van der Waals surface area contributed by atoms with Gasteiger partial charge in [-0.25, -0.2) is 0 Å². The van der Waals surface area contributed by atoms with Crippen LogP contribution < -0.4 is 5.32 Å². The first kappa shape index (κ1) is 19.7. The summed E-state index contributed by atoms with van der Waals surface area (Å²) in [6, 6.07) is 0. The maximum atomic E-state index is 11.2. The minimum absolute atomic E-state index is 0.0392. The number of amides is 1. The van der Waals surface area contributed by atoms with Crippen LogP contribution in [0.1, 0.15) is 47.5 Å². The minimum atomic E-state index is 0.0392. The number of ether oxygens (including phenoxy) is 2. The van der Waals surface area contributed by atoms with Gasteiger partial charge in [-0.3, -0.25) is 4.79 Å². The maximum absolute atomic E-state index is 11.2. The molecule has 0 aliphatic heterocycles. The van der Waals surface area contributed by atoms with Gasteiger partial charge in [0.25, 0.3) is 0 Å². The largest absolute Gasteiger partial charge is 0.379 e. The van der Waals surface area contributed by atoms with Crippen LogP contribution in [0.4, 0.5) is 0 Å². The zero-order chi connectivity index (χ0) is 14.2. The second kappa shape index (κ2) is 16.4. The van der Waals surface area contributed by atoms with Crippen LogP contribution in [0.25, 0.3) is 0 Å². The smallest absolute Gasteiger partial charge is 0.222 e. The van der Waals surface area contributed by atoms with Gasteiger partial charge < -0.3 is 14.8 Å². The van der Waals surface area contributed by atoms with Crippen molar-refractivity contribution in [3.8, 4) is 0 Å². The number of hydrogen-bond acceptors (Lipinski definition) is 3. The van der Waals surface area contributed by atoms with Gasteiger partial charge in [0, 0.05) is 19.1 Å². The Morgan fingerprint density at radius 3 is 2.11 bits per heavy atom. The van der Waals surface area contributed by atoms with E-state index in [1.165, 1.54) is 0 Å². The van der Waals surface area contributed by atoms with Gasteiger partial charge in [0.05, 0.1) is 19.8 Å². The number of unbranched alkanes of at least 4 members (excludes halogenated alkanes) is 1. The van der Waals surface area contributed by atoms with Crippen LogP contribution in [0.5, 0.6) is 0 Å². The molecule has 4 nitrogen and oxygen atoms in total. The highest BCUT2D eigenvalue weighted by Gasteiger charge is 2.04. The molecule has 0 unspecified atom stereocenters. The zero-order valence-electron chi connectivity index (χ0n) is 12.8. The number of rotatable bonds is 10. The third-order valence-corrected chi connectivity index (χ3v) is 2.08. The van der Waals surface area contributed by atoms with Gasteiger partial charge in [0.1, 0.15) is 0 Å². The first-order chi connectivity index (χ1) is 8.68. The van der Waals surface area contributed by atoms with Gasteiger partial charge in [0.2, 0.25) is 5.91 Å². The summed E-state index contributed by atoms with van der Waals surface area (Å²) in [5.41, 5.74) is 0. The van der Waals surface area contributed by atoms with E-state index in [0.717, 1.165) is 19.4 Å². The fraction of sp³-hybridized carbons (Fsp3) is 0.929. The molecule has 0 aromatic heterocycles. The SMILES string of the molecule is CC.CCCCOCCOCCNC(=O)C(C)C. The van der Waals surface area contributed by atoms with Gasteiger partial charge in [-0.1, -0.05) is 41.0 Å². The molecular weight excluding hydrogens is 230 g/mol. The van der Waals surface area contributed by atoms with Crippen molar-refractivity contribution in [2.24, 2.45) is 5.92 Å². The maximum Gasteiger partial charge on any atom is 0.222 e. The van der Waals surface area contributed by atoms with E-state index in [0.29, 0.717) is 26.4 Å². The highest BCUT2D eigenvalue weighted by molar-refractivity contribution is 5.77. The zero-order valence-corrected chi connectivity index (χ0v) is 12.8. The number of hydrogen-bond donors (Lipinski definition) is 1. The summed E-state index contributed by atoms with van der Waals surface area (Å²) in [6.07, 6.45) is 2.26. The van der Waals surface area contributed by atoms with E-state index in [-0.39, 0.29) is 11.8 Å². The Kier molecular flexibility index (Phi) is 18.0. The topological polar surface area (TPSA) is 47.6 Å². The van der Waals surface area contributed by atoms with Gasteiger partial charge in [-0.05, 0) is 6.42 Å². The molecule has 0 atom stereocenters. The predicted octanol–water partition coefficient (Wildman–Crippen LogP) is 2.62. The van der Waals surface area contributed by atoms with Gasteiger partial charge in [-0.15, -0.1) is 0 Å². The average Bonchev–Trinajstić information content (AvgIpc) is 2.38. The van der Waals surface area contributed by atoms with Crippen molar-refractivity contribution >= 4 is 5.91 Å². The number of carbonyl (C=O) groups is 1. The second-order valence-electron chi connectivity index (χ2n) is 4.02. The first-order valence-corrected chi connectivity index (χ1v) is 7.11. The highest BCUT2D eigenvalue weighted by atomic mass is 16.5. The van der Waals surface area contributed by atoms with E-state index in [1.807, 2.05) is 27.7 Å². The van der Waals surface area contributed by atoms with Crippen LogP contribution in [-0.2, 0) is 14.3 Å². The third kappa shape index (κ3) is 15.4. The Morgan fingerprint density at radius 2 is 1.61 bits per heavy atom. The summed E-state index contributed by atoms with van der Waals surface area (Å²) in [7, 11) is 0. The lowest BCUT2D eigenvalue weighted by Gasteiger charge is -2.08. The van der Waals surface area contributed by atoms with Crippen LogP contribution in [0.15, 0.2) is 0 Å². The Balaban J connectivity index is 0. The molecule has 0 spiro atoms. The lowest BCUT2D eigenvalue weighted by molar-refractivity contribution is -0.124. The minimum Gasteiger partial charge on any atom is -0.379 e. The molecule has 0 saturated carbocycles. The lowest BCUT2D eigenvalue weighted by atomic mass is 10.2. The van der Waals surface area contributed by atoms with E-state index in [2.05, 4.69) is 12.2 Å². The first-order valence-electron chi connectivity index (χ1n) is 7.11. The molecule has 0 heterocycles. The van der Waals surface area contributed by atoms with E-state index >= 15 is 0 Å². The van der Waals surface area contributed by atoms with Crippen molar-refractivity contribution < 1.29 is 14.3 Å². The molecule has 110 valence electrons. The summed E-state index contributed by atoms with van der Waals surface area (Å²) in [6.45, 7) is 13.1. The quantitative estimate of drug-likeness (QED) is 0.615. The van der Waals surface area contributed by atoms with Crippen molar-refractivity contribution in [2.45, 2.75) is 47.5 Å². The molecule has 0 aromatic carbocycles. The van der Waals surface area contributed by atoms with E-state index in [9.17, 15) is 4.79 Å². The predicted molar refractivity (Wildman–Crippen MR) is 75.7 cm³/mol. The standard InChI is InChI=1S/C12H25NO3.C2H6/c1-4-5-7-15-9-10-16-8-6-13-12(14)11(2)3;1-2/h11H,4-10H2,1-3H3,(H,13,14);1-2H3.